The minimum atomic E-state index is 0.158. The van der Waals surface area contributed by atoms with E-state index in [1.807, 2.05) is 12.1 Å². The highest BCUT2D eigenvalue weighted by Crippen LogP contribution is 2.21. The quantitative estimate of drug-likeness (QED) is 0.854. The zero-order chi connectivity index (χ0) is 12.1. The summed E-state index contributed by atoms with van der Waals surface area (Å²) >= 11 is 0. The highest BCUT2D eigenvalue weighted by molar-refractivity contribution is 5.78. The van der Waals surface area contributed by atoms with E-state index in [2.05, 4.69) is 28.3 Å². The second-order valence-corrected chi connectivity index (χ2v) is 3.84. The largest absolute Gasteiger partial charge is 0.383 e. The molecule has 0 spiro atoms. The fraction of sp³-hybridized carbons (Fsp3) is 0.385. The van der Waals surface area contributed by atoms with Crippen LogP contribution in [0.3, 0.4) is 0 Å². The van der Waals surface area contributed by atoms with E-state index in [0.717, 1.165) is 23.1 Å². The molecular formula is C13H17N3O. The molecule has 90 valence electrons. The predicted octanol–water partition coefficient (Wildman–Crippen LogP) is 1.93. The molecule has 0 saturated heterocycles. The fourth-order valence-electron chi connectivity index (χ4n) is 1.97. The zero-order valence-corrected chi connectivity index (χ0v) is 10.2. The number of nitrogens with zero attached hydrogens (tertiary/aromatic N) is 2. The van der Waals surface area contributed by atoms with Crippen molar-refractivity contribution in [3.05, 3.63) is 36.2 Å². The van der Waals surface area contributed by atoms with Crippen molar-refractivity contribution in [2.45, 2.75) is 13.0 Å². The summed E-state index contributed by atoms with van der Waals surface area (Å²) in [6.07, 6.45) is 3.44. The SMILES string of the molecule is CCNC(COC)c1cccc2nccnc12. The number of rotatable bonds is 5. The predicted molar refractivity (Wildman–Crippen MR) is 67.8 cm³/mol. The van der Waals surface area contributed by atoms with Gasteiger partial charge in [-0.2, -0.15) is 0 Å². The summed E-state index contributed by atoms with van der Waals surface area (Å²) in [5.74, 6) is 0. The summed E-state index contributed by atoms with van der Waals surface area (Å²) in [6.45, 7) is 3.60. The molecule has 2 aromatic rings. The monoisotopic (exact) mass is 231 g/mol. The van der Waals surface area contributed by atoms with Crippen LogP contribution < -0.4 is 5.32 Å². The van der Waals surface area contributed by atoms with Gasteiger partial charge in [-0.3, -0.25) is 9.97 Å². The van der Waals surface area contributed by atoms with Crippen molar-refractivity contribution in [1.82, 2.24) is 15.3 Å². The lowest BCUT2D eigenvalue weighted by Crippen LogP contribution is -2.25. The molecule has 1 unspecified atom stereocenters. The van der Waals surface area contributed by atoms with Crippen LogP contribution in [0.2, 0.25) is 0 Å². The van der Waals surface area contributed by atoms with Gasteiger partial charge in [-0.05, 0) is 18.2 Å². The topological polar surface area (TPSA) is 47.0 Å². The van der Waals surface area contributed by atoms with Crippen LogP contribution >= 0.6 is 0 Å². The molecule has 1 heterocycles. The van der Waals surface area contributed by atoms with Gasteiger partial charge < -0.3 is 10.1 Å². The van der Waals surface area contributed by atoms with Crippen LogP contribution in [0.15, 0.2) is 30.6 Å². The molecule has 1 aromatic carbocycles. The molecule has 17 heavy (non-hydrogen) atoms. The normalized spacial score (nSPS) is 12.8. The smallest absolute Gasteiger partial charge is 0.0935 e. The van der Waals surface area contributed by atoms with E-state index in [-0.39, 0.29) is 6.04 Å². The lowest BCUT2D eigenvalue weighted by molar-refractivity contribution is 0.168. The summed E-state index contributed by atoms with van der Waals surface area (Å²) in [6, 6.07) is 6.21. The molecular weight excluding hydrogens is 214 g/mol. The number of likely N-dealkylation sites (N-methyl/N-ethyl adjacent to an activating group) is 1. The van der Waals surface area contributed by atoms with Gasteiger partial charge in [-0.1, -0.05) is 19.1 Å². The lowest BCUT2D eigenvalue weighted by atomic mass is 10.1. The Morgan fingerprint density at radius 1 is 1.29 bits per heavy atom. The fourth-order valence-corrected chi connectivity index (χ4v) is 1.97. The maximum Gasteiger partial charge on any atom is 0.0935 e. The van der Waals surface area contributed by atoms with Gasteiger partial charge in [0.1, 0.15) is 0 Å². The van der Waals surface area contributed by atoms with Gasteiger partial charge in [0.2, 0.25) is 0 Å². The first kappa shape index (κ1) is 12.0. The Hall–Kier alpha value is -1.52. The average molecular weight is 231 g/mol. The third-order valence-electron chi connectivity index (χ3n) is 2.69. The minimum absolute atomic E-state index is 0.158. The van der Waals surface area contributed by atoms with Crippen LogP contribution in [-0.4, -0.2) is 30.2 Å². The Labute approximate surface area is 101 Å². The maximum atomic E-state index is 5.25. The molecule has 0 radical (unpaired) electrons. The number of hydrogen-bond donors (Lipinski definition) is 1. The van der Waals surface area contributed by atoms with E-state index < -0.39 is 0 Å². The van der Waals surface area contributed by atoms with E-state index >= 15 is 0 Å². The zero-order valence-electron chi connectivity index (χ0n) is 10.2. The van der Waals surface area contributed by atoms with Gasteiger partial charge in [-0.15, -0.1) is 0 Å². The number of hydrogen-bond acceptors (Lipinski definition) is 4. The Kier molecular flexibility index (Phi) is 4.01. The van der Waals surface area contributed by atoms with Crippen molar-refractivity contribution < 1.29 is 4.74 Å². The van der Waals surface area contributed by atoms with Crippen molar-refractivity contribution >= 4 is 11.0 Å². The van der Waals surface area contributed by atoms with Crippen LogP contribution in [-0.2, 0) is 4.74 Å². The standard InChI is InChI=1S/C13H17N3O/c1-3-14-12(9-17-2)10-5-4-6-11-13(10)16-8-7-15-11/h4-8,12,14H,3,9H2,1-2H3. The molecule has 4 heteroatoms. The molecule has 0 aliphatic heterocycles. The Morgan fingerprint density at radius 3 is 2.88 bits per heavy atom. The molecule has 1 aromatic heterocycles. The summed E-state index contributed by atoms with van der Waals surface area (Å²) in [5.41, 5.74) is 3.00. The number of methoxy groups -OCH3 is 1. The highest BCUT2D eigenvalue weighted by atomic mass is 16.5. The first-order valence-electron chi connectivity index (χ1n) is 5.78. The summed E-state index contributed by atoms with van der Waals surface area (Å²) in [4.78, 5) is 8.72. The molecule has 0 amide bonds. The molecule has 0 aliphatic carbocycles. The van der Waals surface area contributed by atoms with E-state index in [9.17, 15) is 0 Å². The van der Waals surface area contributed by atoms with Gasteiger partial charge in [0.15, 0.2) is 0 Å². The summed E-state index contributed by atoms with van der Waals surface area (Å²) in [7, 11) is 1.71. The van der Waals surface area contributed by atoms with Crippen molar-refractivity contribution in [2.24, 2.45) is 0 Å². The van der Waals surface area contributed by atoms with Gasteiger partial charge in [0, 0.05) is 19.5 Å². The molecule has 1 atom stereocenters. The first-order valence-corrected chi connectivity index (χ1v) is 5.78. The Morgan fingerprint density at radius 2 is 2.12 bits per heavy atom. The van der Waals surface area contributed by atoms with Crippen LogP contribution in [0.1, 0.15) is 18.5 Å². The third kappa shape index (κ3) is 2.60. The number of benzene rings is 1. The number of para-hydroxylation sites is 1. The first-order chi connectivity index (χ1) is 8.36. The van der Waals surface area contributed by atoms with Gasteiger partial charge in [0.05, 0.1) is 23.7 Å². The summed E-state index contributed by atoms with van der Waals surface area (Å²) in [5, 5.41) is 3.40. The minimum Gasteiger partial charge on any atom is -0.383 e. The molecule has 0 saturated carbocycles. The highest BCUT2D eigenvalue weighted by Gasteiger charge is 2.13. The second-order valence-electron chi connectivity index (χ2n) is 3.84. The van der Waals surface area contributed by atoms with Crippen LogP contribution in [0, 0.1) is 0 Å². The third-order valence-corrected chi connectivity index (χ3v) is 2.69. The number of nitrogens with one attached hydrogen (secondary N) is 1. The molecule has 4 nitrogen and oxygen atoms in total. The molecule has 0 aliphatic rings. The Balaban J connectivity index is 2.44. The lowest BCUT2D eigenvalue weighted by Gasteiger charge is -2.18. The maximum absolute atomic E-state index is 5.25. The van der Waals surface area contributed by atoms with E-state index in [1.54, 1.807) is 19.5 Å². The van der Waals surface area contributed by atoms with E-state index in [1.165, 1.54) is 0 Å². The Bertz CT molecular complexity index is 476. The number of aromatic nitrogens is 2. The second kappa shape index (κ2) is 5.70. The molecule has 0 fully saturated rings. The molecule has 2 rings (SSSR count). The molecule has 0 bridgehead atoms. The van der Waals surface area contributed by atoms with Crippen LogP contribution in [0.25, 0.3) is 11.0 Å². The van der Waals surface area contributed by atoms with E-state index in [0.29, 0.717) is 6.61 Å². The van der Waals surface area contributed by atoms with Crippen LogP contribution in [0.5, 0.6) is 0 Å². The number of ether oxygens (including phenoxy) is 1. The average Bonchev–Trinajstić information content (AvgIpc) is 2.38. The van der Waals surface area contributed by atoms with Gasteiger partial charge in [0.25, 0.3) is 0 Å². The van der Waals surface area contributed by atoms with Gasteiger partial charge >= 0.3 is 0 Å². The summed E-state index contributed by atoms with van der Waals surface area (Å²) < 4.78 is 5.25. The van der Waals surface area contributed by atoms with E-state index in [4.69, 9.17) is 4.74 Å². The van der Waals surface area contributed by atoms with Gasteiger partial charge in [-0.25, -0.2) is 0 Å². The van der Waals surface area contributed by atoms with Crippen molar-refractivity contribution in [2.75, 3.05) is 20.3 Å². The van der Waals surface area contributed by atoms with Crippen molar-refractivity contribution in [3.63, 3.8) is 0 Å². The van der Waals surface area contributed by atoms with Crippen molar-refractivity contribution in [1.29, 1.82) is 0 Å². The number of fused-ring (bicyclic) bond motifs is 1. The van der Waals surface area contributed by atoms with Crippen molar-refractivity contribution in [3.8, 4) is 0 Å². The molecule has 1 N–H and O–H groups in total. The van der Waals surface area contributed by atoms with Crippen LogP contribution in [0.4, 0.5) is 0 Å².